The molecule has 1 aromatic carbocycles. The first-order valence-electron chi connectivity index (χ1n) is 6.39. The van der Waals surface area contributed by atoms with E-state index in [4.69, 9.17) is 4.42 Å². The Labute approximate surface area is 111 Å². The summed E-state index contributed by atoms with van der Waals surface area (Å²) in [6, 6.07) is 5.48. The lowest BCUT2D eigenvalue weighted by Gasteiger charge is -2.17. The van der Waals surface area contributed by atoms with Crippen molar-refractivity contribution in [3.63, 3.8) is 0 Å². The molecule has 1 N–H and O–H groups in total. The molecule has 1 unspecified atom stereocenters. The molecule has 1 heterocycles. The van der Waals surface area contributed by atoms with E-state index in [-0.39, 0.29) is 6.04 Å². The van der Waals surface area contributed by atoms with Gasteiger partial charge in [0, 0.05) is 17.7 Å². The van der Waals surface area contributed by atoms with Crippen LogP contribution in [0.4, 0.5) is 8.78 Å². The van der Waals surface area contributed by atoms with Crippen LogP contribution in [0.3, 0.4) is 0 Å². The molecule has 1 atom stereocenters. The molecule has 0 fully saturated rings. The van der Waals surface area contributed by atoms with Crippen LogP contribution < -0.4 is 5.32 Å². The van der Waals surface area contributed by atoms with Gasteiger partial charge in [0.1, 0.15) is 11.6 Å². The van der Waals surface area contributed by atoms with Crippen molar-refractivity contribution in [2.75, 3.05) is 6.54 Å². The van der Waals surface area contributed by atoms with Crippen molar-refractivity contribution in [2.45, 2.75) is 25.8 Å². The van der Waals surface area contributed by atoms with Gasteiger partial charge in [0.05, 0.1) is 12.5 Å². The molecular formula is C15H17F2NO. The molecule has 0 saturated heterocycles. The molecule has 0 aliphatic heterocycles. The fourth-order valence-electron chi connectivity index (χ4n) is 2.06. The molecule has 0 saturated carbocycles. The first-order chi connectivity index (χ1) is 9.19. The van der Waals surface area contributed by atoms with E-state index in [9.17, 15) is 8.78 Å². The van der Waals surface area contributed by atoms with Crippen LogP contribution >= 0.6 is 0 Å². The number of hydrogen-bond acceptors (Lipinski definition) is 2. The summed E-state index contributed by atoms with van der Waals surface area (Å²) in [6.07, 6.45) is 4.77. The second-order valence-corrected chi connectivity index (χ2v) is 4.55. The SMILES string of the molecule is CCCNC(Cc1cc(F)cc(F)c1)c1ccoc1. The molecule has 2 nitrogen and oxygen atoms in total. The van der Waals surface area contributed by atoms with Crippen LogP contribution in [0.5, 0.6) is 0 Å². The maximum Gasteiger partial charge on any atom is 0.126 e. The van der Waals surface area contributed by atoms with Crippen LogP contribution in [0.25, 0.3) is 0 Å². The summed E-state index contributed by atoms with van der Waals surface area (Å²) in [7, 11) is 0. The average molecular weight is 265 g/mol. The Hall–Kier alpha value is -1.68. The highest BCUT2D eigenvalue weighted by Crippen LogP contribution is 2.20. The summed E-state index contributed by atoms with van der Waals surface area (Å²) < 4.78 is 31.5. The van der Waals surface area contributed by atoms with E-state index in [0.29, 0.717) is 12.0 Å². The van der Waals surface area contributed by atoms with Gasteiger partial charge in [0.15, 0.2) is 0 Å². The number of benzene rings is 1. The van der Waals surface area contributed by atoms with E-state index in [1.165, 1.54) is 12.1 Å². The zero-order valence-corrected chi connectivity index (χ0v) is 10.8. The van der Waals surface area contributed by atoms with Crippen molar-refractivity contribution >= 4 is 0 Å². The van der Waals surface area contributed by atoms with E-state index < -0.39 is 11.6 Å². The van der Waals surface area contributed by atoms with E-state index in [2.05, 4.69) is 12.2 Å². The Bertz CT molecular complexity index is 491. The van der Waals surface area contributed by atoms with Gasteiger partial charge < -0.3 is 9.73 Å². The van der Waals surface area contributed by atoms with E-state index in [1.54, 1.807) is 12.5 Å². The predicted molar refractivity (Wildman–Crippen MR) is 69.8 cm³/mol. The van der Waals surface area contributed by atoms with Crippen LogP contribution in [-0.4, -0.2) is 6.54 Å². The van der Waals surface area contributed by atoms with Crippen molar-refractivity contribution < 1.29 is 13.2 Å². The molecule has 0 bridgehead atoms. The lowest BCUT2D eigenvalue weighted by molar-refractivity contribution is 0.508. The largest absolute Gasteiger partial charge is 0.472 e. The van der Waals surface area contributed by atoms with Gasteiger partial charge in [-0.3, -0.25) is 0 Å². The van der Waals surface area contributed by atoms with Crippen molar-refractivity contribution in [3.05, 3.63) is 59.6 Å². The van der Waals surface area contributed by atoms with Gasteiger partial charge in [0.25, 0.3) is 0 Å². The number of halogens is 2. The van der Waals surface area contributed by atoms with Crippen LogP contribution in [0.1, 0.15) is 30.5 Å². The Morgan fingerprint density at radius 1 is 1.21 bits per heavy atom. The van der Waals surface area contributed by atoms with Crippen molar-refractivity contribution in [3.8, 4) is 0 Å². The molecule has 102 valence electrons. The highest BCUT2D eigenvalue weighted by atomic mass is 19.1. The third-order valence-electron chi connectivity index (χ3n) is 2.95. The zero-order chi connectivity index (χ0) is 13.7. The summed E-state index contributed by atoms with van der Waals surface area (Å²) in [6.45, 7) is 2.91. The lowest BCUT2D eigenvalue weighted by Crippen LogP contribution is -2.23. The fraction of sp³-hybridized carbons (Fsp3) is 0.333. The van der Waals surface area contributed by atoms with E-state index >= 15 is 0 Å². The monoisotopic (exact) mass is 265 g/mol. The molecule has 4 heteroatoms. The highest BCUT2D eigenvalue weighted by Gasteiger charge is 2.13. The van der Waals surface area contributed by atoms with Crippen LogP contribution in [0.2, 0.25) is 0 Å². The Balaban J connectivity index is 2.15. The third kappa shape index (κ3) is 3.89. The lowest BCUT2D eigenvalue weighted by atomic mass is 10.0. The maximum absolute atomic E-state index is 13.2. The molecular weight excluding hydrogens is 248 g/mol. The number of nitrogens with one attached hydrogen (secondary N) is 1. The van der Waals surface area contributed by atoms with E-state index in [1.807, 2.05) is 6.07 Å². The van der Waals surface area contributed by atoms with Gasteiger partial charge in [-0.25, -0.2) is 8.78 Å². The van der Waals surface area contributed by atoms with E-state index in [0.717, 1.165) is 24.6 Å². The molecule has 0 spiro atoms. The fourth-order valence-corrected chi connectivity index (χ4v) is 2.06. The van der Waals surface area contributed by atoms with Gasteiger partial charge in [-0.2, -0.15) is 0 Å². The number of rotatable bonds is 6. The predicted octanol–water partition coefficient (Wildman–Crippen LogP) is 3.84. The summed E-state index contributed by atoms with van der Waals surface area (Å²) in [5.74, 6) is -1.09. The molecule has 2 aromatic rings. The minimum Gasteiger partial charge on any atom is -0.472 e. The molecule has 0 aliphatic carbocycles. The van der Waals surface area contributed by atoms with Gasteiger partial charge in [-0.1, -0.05) is 6.92 Å². The molecule has 19 heavy (non-hydrogen) atoms. The Morgan fingerprint density at radius 2 is 1.95 bits per heavy atom. The zero-order valence-electron chi connectivity index (χ0n) is 10.8. The topological polar surface area (TPSA) is 25.2 Å². The minimum absolute atomic E-state index is 0.0000926. The Kier molecular flexibility index (Phi) is 4.68. The van der Waals surface area contributed by atoms with Crippen LogP contribution in [0, 0.1) is 11.6 Å². The van der Waals surface area contributed by atoms with Crippen LogP contribution in [-0.2, 0) is 6.42 Å². The van der Waals surface area contributed by atoms with Gasteiger partial charge in [0.2, 0.25) is 0 Å². The smallest absolute Gasteiger partial charge is 0.126 e. The normalized spacial score (nSPS) is 12.6. The molecule has 0 aliphatic rings. The molecule has 0 radical (unpaired) electrons. The van der Waals surface area contributed by atoms with Crippen LogP contribution in [0.15, 0.2) is 41.2 Å². The summed E-state index contributed by atoms with van der Waals surface area (Å²) >= 11 is 0. The quantitative estimate of drug-likeness (QED) is 0.858. The van der Waals surface area contributed by atoms with Crippen molar-refractivity contribution in [1.82, 2.24) is 5.32 Å². The second-order valence-electron chi connectivity index (χ2n) is 4.55. The summed E-state index contributed by atoms with van der Waals surface area (Å²) in [5.41, 5.74) is 1.62. The van der Waals surface area contributed by atoms with Gasteiger partial charge in [-0.15, -0.1) is 0 Å². The molecule has 1 aromatic heterocycles. The summed E-state index contributed by atoms with van der Waals surface area (Å²) in [5, 5.41) is 3.35. The highest BCUT2D eigenvalue weighted by molar-refractivity contribution is 5.22. The first kappa shape index (κ1) is 13.7. The van der Waals surface area contributed by atoms with Crippen molar-refractivity contribution in [2.24, 2.45) is 0 Å². The number of hydrogen-bond donors (Lipinski definition) is 1. The standard InChI is InChI=1S/C15H17F2NO/c1-2-4-18-15(12-3-5-19-10-12)8-11-6-13(16)9-14(17)7-11/h3,5-7,9-10,15,18H,2,4,8H2,1H3. The maximum atomic E-state index is 13.2. The summed E-state index contributed by atoms with van der Waals surface area (Å²) in [4.78, 5) is 0. The molecule has 0 amide bonds. The van der Waals surface area contributed by atoms with Crippen molar-refractivity contribution in [1.29, 1.82) is 0 Å². The Morgan fingerprint density at radius 3 is 2.53 bits per heavy atom. The number of furan rings is 1. The molecule has 2 rings (SSSR count). The second kappa shape index (κ2) is 6.48. The van der Waals surface area contributed by atoms with Gasteiger partial charge >= 0.3 is 0 Å². The average Bonchev–Trinajstić information content (AvgIpc) is 2.87. The van der Waals surface area contributed by atoms with Gasteiger partial charge in [-0.05, 0) is 43.1 Å². The minimum atomic E-state index is -0.545. The first-order valence-corrected chi connectivity index (χ1v) is 6.39. The third-order valence-corrected chi connectivity index (χ3v) is 2.95.